The van der Waals surface area contributed by atoms with Crippen LogP contribution in [0, 0.1) is 17.3 Å². The fraction of sp³-hybridized carbons (Fsp3) is 1.00. The number of likely N-dealkylation sites (tertiary alicyclic amines) is 1. The molecule has 0 amide bonds. The Balaban J connectivity index is 1.99. The van der Waals surface area contributed by atoms with E-state index in [1.165, 1.54) is 32.2 Å². The first-order chi connectivity index (χ1) is 8.96. The topological polar surface area (TPSA) is 35.5 Å². The van der Waals surface area contributed by atoms with Crippen molar-refractivity contribution in [2.75, 3.05) is 26.7 Å². The Kier molecular flexibility index (Phi) is 4.91. The molecular formula is C16H32N2O. The maximum atomic E-state index is 9.60. The third-order valence-corrected chi connectivity index (χ3v) is 5.54. The van der Waals surface area contributed by atoms with Crippen LogP contribution in [0.2, 0.25) is 0 Å². The quantitative estimate of drug-likeness (QED) is 0.820. The van der Waals surface area contributed by atoms with Gasteiger partial charge in [0.1, 0.15) is 0 Å². The maximum Gasteiger partial charge on any atom is 0.0589 e. The van der Waals surface area contributed by atoms with Crippen molar-refractivity contribution >= 4 is 0 Å². The zero-order chi connectivity index (χ0) is 14.0. The number of rotatable bonds is 4. The largest absolute Gasteiger partial charge is 0.395 e. The second-order valence-corrected chi connectivity index (χ2v) is 7.57. The molecule has 4 unspecified atom stereocenters. The van der Waals surface area contributed by atoms with Crippen LogP contribution in [0.3, 0.4) is 0 Å². The first-order valence-corrected chi connectivity index (χ1v) is 7.99. The van der Waals surface area contributed by atoms with Gasteiger partial charge in [0, 0.05) is 18.6 Å². The third kappa shape index (κ3) is 3.50. The summed E-state index contributed by atoms with van der Waals surface area (Å²) in [5, 5.41) is 13.1. The Morgan fingerprint density at radius 1 is 1.32 bits per heavy atom. The summed E-state index contributed by atoms with van der Waals surface area (Å²) >= 11 is 0. The van der Waals surface area contributed by atoms with Crippen molar-refractivity contribution in [3.63, 3.8) is 0 Å². The summed E-state index contributed by atoms with van der Waals surface area (Å²) in [4.78, 5) is 2.54. The minimum atomic E-state index is 0.321. The molecule has 3 heteroatoms. The van der Waals surface area contributed by atoms with Gasteiger partial charge in [0.25, 0.3) is 0 Å². The number of hydrogen-bond donors (Lipinski definition) is 2. The summed E-state index contributed by atoms with van der Waals surface area (Å²) in [5.74, 6) is 1.38. The number of hydrogen-bond acceptors (Lipinski definition) is 3. The lowest BCUT2D eigenvalue weighted by atomic mass is 9.69. The molecule has 1 aliphatic heterocycles. The Bertz CT molecular complexity index is 292. The first kappa shape index (κ1) is 15.3. The van der Waals surface area contributed by atoms with Gasteiger partial charge in [-0.15, -0.1) is 0 Å². The van der Waals surface area contributed by atoms with Gasteiger partial charge in [-0.1, -0.05) is 20.8 Å². The smallest absolute Gasteiger partial charge is 0.0589 e. The molecule has 1 heterocycles. The van der Waals surface area contributed by atoms with Crippen molar-refractivity contribution in [3.8, 4) is 0 Å². The van der Waals surface area contributed by atoms with E-state index in [0.717, 1.165) is 12.5 Å². The SMILES string of the molecule is CNC1CCC(C)(C)CC1CN1CCC(C)C1CO. The third-order valence-electron chi connectivity index (χ3n) is 5.54. The summed E-state index contributed by atoms with van der Waals surface area (Å²) < 4.78 is 0. The highest BCUT2D eigenvalue weighted by Gasteiger charge is 2.38. The van der Waals surface area contributed by atoms with Gasteiger partial charge in [0.15, 0.2) is 0 Å². The lowest BCUT2D eigenvalue weighted by molar-refractivity contribution is 0.0751. The molecular weight excluding hydrogens is 236 g/mol. The fourth-order valence-electron chi connectivity index (χ4n) is 4.22. The van der Waals surface area contributed by atoms with E-state index in [2.05, 4.69) is 38.0 Å². The minimum absolute atomic E-state index is 0.321. The van der Waals surface area contributed by atoms with Gasteiger partial charge in [0.05, 0.1) is 6.61 Å². The number of nitrogens with zero attached hydrogens (tertiary/aromatic N) is 1. The van der Waals surface area contributed by atoms with Gasteiger partial charge in [0.2, 0.25) is 0 Å². The standard InChI is InChI=1S/C16H32N2O/c1-12-6-8-18(15(12)11-19)10-13-9-16(2,3)7-5-14(13)17-4/h12-15,17,19H,5-11H2,1-4H3. The normalized spacial score (nSPS) is 39.6. The highest BCUT2D eigenvalue weighted by molar-refractivity contribution is 4.93. The molecule has 1 saturated heterocycles. The van der Waals surface area contributed by atoms with Crippen LogP contribution in [0.5, 0.6) is 0 Å². The fourth-order valence-corrected chi connectivity index (χ4v) is 4.22. The van der Waals surface area contributed by atoms with Gasteiger partial charge >= 0.3 is 0 Å². The van der Waals surface area contributed by atoms with E-state index < -0.39 is 0 Å². The zero-order valence-corrected chi connectivity index (χ0v) is 13.2. The summed E-state index contributed by atoms with van der Waals surface area (Å²) in [5.41, 5.74) is 0.484. The monoisotopic (exact) mass is 268 g/mol. The molecule has 2 fully saturated rings. The lowest BCUT2D eigenvalue weighted by Gasteiger charge is -2.43. The van der Waals surface area contributed by atoms with Crippen molar-refractivity contribution in [2.24, 2.45) is 17.3 Å². The summed E-state index contributed by atoms with van der Waals surface area (Å²) in [6.45, 7) is 9.73. The lowest BCUT2D eigenvalue weighted by Crippen LogP contribution is -2.48. The van der Waals surface area contributed by atoms with E-state index in [1.54, 1.807) is 0 Å². The molecule has 4 atom stereocenters. The Hall–Kier alpha value is -0.120. The van der Waals surface area contributed by atoms with Crippen molar-refractivity contribution < 1.29 is 5.11 Å². The molecule has 1 saturated carbocycles. The van der Waals surface area contributed by atoms with Crippen LogP contribution in [0.15, 0.2) is 0 Å². The highest BCUT2D eigenvalue weighted by atomic mass is 16.3. The van der Waals surface area contributed by atoms with Crippen LogP contribution >= 0.6 is 0 Å². The summed E-state index contributed by atoms with van der Waals surface area (Å²) in [7, 11) is 2.10. The molecule has 0 spiro atoms. The zero-order valence-electron chi connectivity index (χ0n) is 13.2. The van der Waals surface area contributed by atoms with Gasteiger partial charge < -0.3 is 10.4 Å². The second kappa shape index (κ2) is 6.11. The van der Waals surface area contributed by atoms with E-state index in [-0.39, 0.29) is 0 Å². The second-order valence-electron chi connectivity index (χ2n) is 7.57. The van der Waals surface area contributed by atoms with E-state index >= 15 is 0 Å². The van der Waals surface area contributed by atoms with E-state index in [4.69, 9.17) is 0 Å². The van der Waals surface area contributed by atoms with Crippen LogP contribution in [0.1, 0.15) is 46.5 Å². The van der Waals surface area contributed by atoms with Crippen molar-refractivity contribution in [1.82, 2.24) is 10.2 Å². The van der Waals surface area contributed by atoms with E-state index in [9.17, 15) is 5.11 Å². The van der Waals surface area contributed by atoms with Gasteiger partial charge in [-0.25, -0.2) is 0 Å². The Morgan fingerprint density at radius 2 is 2.05 bits per heavy atom. The van der Waals surface area contributed by atoms with Gasteiger partial charge in [-0.2, -0.15) is 0 Å². The molecule has 0 aromatic carbocycles. The van der Waals surface area contributed by atoms with Crippen molar-refractivity contribution in [1.29, 1.82) is 0 Å². The Labute approximate surface area is 118 Å². The number of aliphatic hydroxyl groups excluding tert-OH is 1. The first-order valence-electron chi connectivity index (χ1n) is 7.99. The molecule has 19 heavy (non-hydrogen) atoms. The average molecular weight is 268 g/mol. The molecule has 0 radical (unpaired) electrons. The van der Waals surface area contributed by atoms with Crippen LogP contribution in [-0.4, -0.2) is 48.8 Å². The van der Waals surface area contributed by atoms with Crippen LogP contribution in [0.25, 0.3) is 0 Å². The van der Waals surface area contributed by atoms with Gasteiger partial charge in [-0.3, -0.25) is 4.90 Å². The van der Waals surface area contributed by atoms with Crippen molar-refractivity contribution in [3.05, 3.63) is 0 Å². The molecule has 0 aromatic heterocycles. The predicted octanol–water partition coefficient (Wildman–Crippen LogP) is 2.10. The molecule has 2 aliphatic rings. The maximum absolute atomic E-state index is 9.60. The van der Waals surface area contributed by atoms with Crippen LogP contribution in [0.4, 0.5) is 0 Å². The molecule has 2 N–H and O–H groups in total. The Morgan fingerprint density at radius 3 is 2.68 bits per heavy atom. The van der Waals surface area contributed by atoms with Crippen molar-refractivity contribution in [2.45, 2.75) is 58.5 Å². The van der Waals surface area contributed by atoms with E-state index in [1.807, 2.05) is 0 Å². The molecule has 0 bridgehead atoms. The summed E-state index contributed by atoms with van der Waals surface area (Å²) in [6, 6.07) is 1.05. The predicted molar refractivity (Wildman–Crippen MR) is 80.2 cm³/mol. The molecule has 112 valence electrons. The number of nitrogens with one attached hydrogen (secondary N) is 1. The average Bonchev–Trinajstić information content (AvgIpc) is 2.69. The van der Waals surface area contributed by atoms with E-state index in [0.29, 0.717) is 30.0 Å². The highest BCUT2D eigenvalue weighted by Crippen LogP contribution is 2.40. The van der Waals surface area contributed by atoms with Crippen LogP contribution < -0.4 is 5.32 Å². The molecule has 0 aromatic rings. The summed E-state index contributed by atoms with van der Waals surface area (Å²) in [6.07, 6.45) is 5.17. The molecule has 2 rings (SSSR count). The van der Waals surface area contributed by atoms with Gasteiger partial charge in [-0.05, 0) is 56.5 Å². The number of aliphatic hydroxyl groups is 1. The molecule has 1 aliphatic carbocycles. The van der Waals surface area contributed by atoms with Crippen LogP contribution in [-0.2, 0) is 0 Å². The minimum Gasteiger partial charge on any atom is -0.395 e. The molecule has 3 nitrogen and oxygen atoms in total.